The van der Waals surface area contributed by atoms with Crippen molar-refractivity contribution in [1.82, 2.24) is 5.32 Å². The molecule has 2 saturated heterocycles. The van der Waals surface area contributed by atoms with Gasteiger partial charge in [-0.15, -0.1) is 0 Å². The van der Waals surface area contributed by atoms with E-state index in [9.17, 15) is 9.90 Å². The lowest BCUT2D eigenvalue weighted by Crippen LogP contribution is -2.39. The minimum Gasteiger partial charge on any atom is -0.481 e. The van der Waals surface area contributed by atoms with Gasteiger partial charge in [0.25, 0.3) is 0 Å². The Bertz CT molecular complexity index is 392. The lowest BCUT2D eigenvalue weighted by atomic mass is 9.76. The van der Waals surface area contributed by atoms with Crippen molar-refractivity contribution in [1.29, 1.82) is 0 Å². The number of nitrogens with one attached hydrogen (secondary N) is 1. The van der Waals surface area contributed by atoms with E-state index in [4.69, 9.17) is 14.6 Å². The van der Waals surface area contributed by atoms with Crippen LogP contribution in [0, 0.1) is 11.8 Å². The Kier molecular flexibility index (Phi) is 9.17. The molecule has 2 aliphatic heterocycles. The van der Waals surface area contributed by atoms with Crippen molar-refractivity contribution in [2.45, 2.75) is 76.6 Å². The highest BCUT2D eigenvalue weighted by Crippen LogP contribution is 2.45. The standard InChI is InChI=1S/C19H35NO5/c1-2-24-13-14(21)11-20-12-16-15(17-9-10-18(16)25-17)7-5-3-4-6-8-19(22)23/h14-18,20-21H,2-13H2,1H3,(H,22,23). The highest BCUT2D eigenvalue weighted by Gasteiger charge is 2.47. The zero-order valence-electron chi connectivity index (χ0n) is 15.5. The molecule has 0 aromatic carbocycles. The van der Waals surface area contributed by atoms with Crippen LogP contribution in [0.1, 0.15) is 58.3 Å². The highest BCUT2D eigenvalue weighted by atomic mass is 16.5. The van der Waals surface area contributed by atoms with Crippen LogP contribution in [0.15, 0.2) is 0 Å². The van der Waals surface area contributed by atoms with Gasteiger partial charge < -0.3 is 25.0 Å². The van der Waals surface area contributed by atoms with Gasteiger partial charge in [0.2, 0.25) is 0 Å². The second-order valence-corrected chi connectivity index (χ2v) is 7.44. The smallest absolute Gasteiger partial charge is 0.303 e. The largest absolute Gasteiger partial charge is 0.481 e. The van der Waals surface area contributed by atoms with Gasteiger partial charge >= 0.3 is 5.97 Å². The maximum Gasteiger partial charge on any atom is 0.303 e. The zero-order valence-corrected chi connectivity index (χ0v) is 15.5. The molecule has 2 fully saturated rings. The van der Waals surface area contributed by atoms with Crippen molar-refractivity contribution < 1.29 is 24.5 Å². The third-order valence-electron chi connectivity index (χ3n) is 5.54. The third-order valence-corrected chi connectivity index (χ3v) is 5.54. The fourth-order valence-corrected chi connectivity index (χ4v) is 4.29. The number of hydrogen-bond acceptors (Lipinski definition) is 5. The summed E-state index contributed by atoms with van der Waals surface area (Å²) in [6.45, 7) is 4.41. The van der Waals surface area contributed by atoms with Crippen LogP contribution in [-0.4, -0.2) is 60.8 Å². The molecule has 2 rings (SSSR count). The summed E-state index contributed by atoms with van der Waals surface area (Å²) < 4.78 is 11.4. The van der Waals surface area contributed by atoms with Gasteiger partial charge in [-0.05, 0) is 38.5 Å². The van der Waals surface area contributed by atoms with E-state index in [1.807, 2.05) is 6.92 Å². The van der Waals surface area contributed by atoms with Crippen LogP contribution in [0.25, 0.3) is 0 Å². The molecule has 0 spiro atoms. The quantitative estimate of drug-likeness (QED) is 0.413. The highest BCUT2D eigenvalue weighted by molar-refractivity contribution is 5.66. The summed E-state index contributed by atoms with van der Waals surface area (Å²) in [5, 5.41) is 21.9. The normalized spacial score (nSPS) is 29.2. The average Bonchev–Trinajstić information content (AvgIpc) is 3.18. The first-order chi connectivity index (χ1) is 12.1. The molecular weight excluding hydrogens is 322 g/mol. The molecule has 0 aromatic heterocycles. The van der Waals surface area contributed by atoms with Crippen molar-refractivity contribution in [3.05, 3.63) is 0 Å². The maximum atomic E-state index is 10.5. The first-order valence-corrected chi connectivity index (χ1v) is 9.95. The summed E-state index contributed by atoms with van der Waals surface area (Å²) in [6, 6.07) is 0. The van der Waals surface area contributed by atoms with Crippen molar-refractivity contribution in [2.75, 3.05) is 26.3 Å². The Labute approximate surface area is 151 Å². The van der Waals surface area contributed by atoms with Gasteiger partial charge in [-0.3, -0.25) is 4.79 Å². The Morgan fingerprint density at radius 3 is 2.64 bits per heavy atom. The van der Waals surface area contributed by atoms with Crippen molar-refractivity contribution in [3.63, 3.8) is 0 Å². The number of aliphatic carboxylic acids is 1. The number of unbranched alkanes of at least 4 members (excludes halogenated alkanes) is 3. The Hall–Kier alpha value is -0.690. The Morgan fingerprint density at radius 1 is 1.20 bits per heavy atom. The van der Waals surface area contributed by atoms with Crippen molar-refractivity contribution in [2.24, 2.45) is 11.8 Å². The summed E-state index contributed by atoms with van der Waals surface area (Å²) >= 11 is 0. The maximum absolute atomic E-state index is 10.5. The molecule has 6 heteroatoms. The Balaban J connectivity index is 1.63. The number of hydrogen-bond donors (Lipinski definition) is 3. The number of rotatable bonds is 14. The van der Waals surface area contributed by atoms with E-state index in [0.29, 0.717) is 43.8 Å². The van der Waals surface area contributed by atoms with Crippen molar-refractivity contribution >= 4 is 5.97 Å². The molecular formula is C19H35NO5. The van der Waals surface area contributed by atoms with E-state index in [-0.39, 0.29) is 6.42 Å². The monoisotopic (exact) mass is 357 g/mol. The van der Waals surface area contributed by atoms with Gasteiger partial charge in [0, 0.05) is 32.0 Å². The SMILES string of the molecule is CCOCC(O)CNCC1C2CCC(O2)C1CCCCCCC(=O)O. The van der Waals surface area contributed by atoms with Crippen LogP contribution in [-0.2, 0) is 14.3 Å². The summed E-state index contributed by atoms with van der Waals surface area (Å²) in [6.07, 6.45) is 8.16. The molecule has 5 atom stereocenters. The lowest BCUT2D eigenvalue weighted by molar-refractivity contribution is -0.137. The number of aliphatic hydroxyl groups is 1. The number of carboxylic acids is 1. The summed E-state index contributed by atoms with van der Waals surface area (Å²) in [5.74, 6) is 0.450. The van der Waals surface area contributed by atoms with Gasteiger partial charge in [0.05, 0.1) is 24.9 Å². The Morgan fingerprint density at radius 2 is 1.92 bits per heavy atom. The van der Waals surface area contributed by atoms with Gasteiger partial charge in [-0.25, -0.2) is 0 Å². The van der Waals surface area contributed by atoms with E-state index in [2.05, 4.69) is 5.32 Å². The van der Waals surface area contributed by atoms with E-state index in [1.165, 1.54) is 12.8 Å². The van der Waals surface area contributed by atoms with Crippen LogP contribution in [0.4, 0.5) is 0 Å². The zero-order chi connectivity index (χ0) is 18.1. The van der Waals surface area contributed by atoms with Gasteiger partial charge in [0.15, 0.2) is 0 Å². The second-order valence-electron chi connectivity index (χ2n) is 7.44. The average molecular weight is 357 g/mol. The fraction of sp³-hybridized carbons (Fsp3) is 0.947. The minimum absolute atomic E-state index is 0.286. The molecule has 2 bridgehead atoms. The fourth-order valence-electron chi connectivity index (χ4n) is 4.29. The molecule has 2 heterocycles. The second kappa shape index (κ2) is 11.1. The molecule has 25 heavy (non-hydrogen) atoms. The predicted octanol–water partition coefficient (Wildman–Crippen LogP) is 2.19. The molecule has 146 valence electrons. The predicted molar refractivity (Wildman–Crippen MR) is 95.6 cm³/mol. The van der Waals surface area contributed by atoms with E-state index in [0.717, 1.165) is 38.6 Å². The number of carboxylic acid groups (broad SMARTS) is 1. The van der Waals surface area contributed by atoms with Crippen LogP contribution < -0.4 is 5.32 Å². The molecule has 0 aromatic rings. The third kappa shape index (κ3) is 6.85. The van der Waals surface area contributed by atoms with Crippen LogP contribution >= 0.6 is 0 Å². The molecule has 0 saturated carbocycles. The number of carbonyl (C=O) groups is 1. The van der Waals surface area contributed by atoms with E-state index in [1.54, 1.807) is 0 Å². The molecule has 6 nitrogen and oxygen atoms in total. The summed E-state index contributed by atoms with van der Waals surface area (Å²) in [5.41, 5.74) is 0. The van der Waals surface area contributed by atoms with Gasteiger partial charge in [0.1, 0.15) is 0 Å². The number of ether oxygens (including phenoxy) is 2. The van der Waals surface area contributed by atoms with Crippen molar-refractivity contribution in [3.8, 4) is 0 Å². The minimum atomic E-state index is -0.695. The van der Waals surface area contributed by atoms with Gasteiger partial charge in [-0.1, -0.05) is 19.3 Å². The van der Waals surface area contributed by atoms with Crippen LogP contribution in [0.2, 0.25) is 0 Å². The first-order valence-electron chi connectivity index (χ1n) is 9.95. The molecule has 0 amide bonds. The van der Waals surface area contributed by atoms with Gasteiger partial charge in [-0.2, -0.15) is 0 Å². The number of fused-ring (bicyclic) bond motifs is 2. The van der Waals surface area contributed by atoms with Crippen LogP contribution in [0.3, 0.4) is 0 Å². The topological polar surface area (TPSA) is 88.0 Å². The lowest BCUT2D eigenvalue weighted by Gasteiger charge is -2.28. The molecule has 0 aliphatic carbocycles. The summed E-state index contributed by atoms with van der Waals surface area (Å²) in [4.78, 5) is 10.5. The molecule has 0 radical (unpaired) electrons. The molecule has 5 unspecified atom stereocenters. The van der Waals surface area contributed by atoms with E-state index >= 15 is 0 Å². The summed E-state index contributed by atoms with van der Waals surface area (Å²) in [7, 11) is 0. The molecule has 3 N–H and O–H groups in total. The molecule has 2 aliphatic rings. The first kappa shape index (κ1) is 20.6. The van der Waals surface area contributed by atoms with Crippen LogP contribution in [0.5, 0.6) is 0 Å². The van der Waals surface area contributed by atoms with E-state index < -0.39 is 12.1 Å². The number of aliphatic hydroxyl groups excluding tert-OH is 1.